The lowest BCUT2D eigenvalue weighted by molar-refractivity contribution is 0.286. The monoisotopic (exact) mass is 348 g/mol. The van der Waals surface area contributed by atoms with E-state index in [1.807, 2.05) is 0 Å². The van der Waals surface area contributed by atoms with Gasteiger partial charge in [-0.1, -0.05) is 26.3 Å². The summed E-state index contributed by atoms with van der Waals surface area (Å²) in [6.07, 6.45) is 2.93. The molecule has 2 unspecified atom stereocenters. The van der Waals surface area contributed by atoms with E-state index >= 15 is 0 Å². The summed E-state index contributed by atoms with van der Waals surface area (Å²) in [4.78, 5) is 16.3. The van der Waals surface area contributed by atoms with Gasteiger partial charge in [0.25, 0.3) is 0 Å². The van der Waals surface area contributed by atoms with Crippen molar-refractivity contribution < 1.29 is 13.5 Å². The molecule has 2 aromatic rings. The first-order valence-electron chi connectivity index (χ1n) is 8.65. The molecule has 1 aliphatic heterocycles. The fraction of sp³-hybridized carbons (Fsp3) is 0.474. The molecule has 0 saturated heterocycles. The van der Waals surface area contributed by atoms with Crippen molar-refractivity contribution in [3.63, 3.8) is 0 Å². The van der Waals surface area contributed by atoms with Crippen molar-refractivity contribution in [3.8, 4) is 5.88 Å². The zero-order valence-electron chi connectivity index (χ0n) is 14.5. The first-order chi connectivity index (χ1) is 12.0. The average molecular weight is 348 g/mol. The minimum absolute atomic E-state index is 0.0289. The van der Waals surface area contributed by atoms with Gasteiger partial charge in [0.1, 0.15) is 6.61 Å². The summed E-state index contributed by atoms with van der Waals surface area (Å²) < 4.78 is 33.5. The predicted molar refractivity (Wildman–Crippen MR) is 90.5 cm³/mol. The van der Waals surface area contributed by atoms with Gasteiger partial charge in [-0.2, -0.15) is 4.98 Å². The lowest BCUT2D eigenvalue weighted by Gasteiger charge is -2.19. The maximum Gasteiger partial charge on any atom is 0.351 e. The van der Waals surface area contributed by atoms with Gasteiger partial charge < -0.3 is 4.74 Å². The van der Waals surface area contributed by atoms with Crippen LogP contribution in [-0.4, -0.2) is 9.55 Å². The quantitative estimate of drug-likeness (QED) is 0.846. The number of fused-ring (bicyclic) bond motifs is 1. The molecule has 0 bridgehead atoms. The third-order valence-corrected chi connectivity index (χ3v) is 5.02. The standard InChI is InChI=1S/C19H22F2N2O2/c1-3-14-5-6-15-9-18(22-19(24)23(15)10-12(14)2)25-11-13-4-7-16(20)17(21)8-13/h4,7-9,12,14H,3,5-6,10-11H2,1-2H3. The second-order valence-electron chi connectivity index (χ2n) is 6.70. The fourth-order valence-corrected chi connectivity index (χ4v) is 3.45. The summed E-state index contributed by atoms with van der Waals surface area (Å²) in [7, 11) is 0. The summed E-state index contributed by atoms with van der Waals surface area (Å²) in [5.74, 6) is -0.574. The molecule has 0 amide bonds. The molecule has 25 heavy (non-hydrogen) atoms. The normalized spacial score (nSPS) is 20.0. The molecule has 2 atom stereocenters. The molecule has 1 aromatic heterocycles. The number of benzene rings is 1. The van der Waals surface area contributed by atoms with E-state index in [0.29, 0.717) is 23.9 Å². The van der Waals surface area contributed by atoms with Crippen molar-refractivity contribution in [1.29, 1.82) is 0 Å². The largest absolute Gasteiger partial charge is 0.473 e. The molecule has 0 radical (unpaired) electrons. The maximum atomic E-state index is 13.2. The number of aryl methyl sites for hydroxylation is 1. The van der Waals surface area contributed by atoms with E-state index < -0.39 is 11.6 Å². The summed E-state index contributed by atoms with van der Waals surface area (Å²) >= 11 is 0. The van der Waals surface area contributed by atoms with E-state index in [2.05, 4.69) is 18.8 Å². The summed E-state index contributed by atoms with van der Waals surface area (Å²) in [5, 5.41) is 0. The second-order valence-corrected chi connectivity index (χ2v) is 6.70. The first kappa shape index (κ1) is 17.6. The Balaban J connectivity index is 1.78. The SMILES string of the molecule is CCC1CCc2cc(OCc3ccc(F)c(F)c3)nc(=O)n2CC1C. The Labute approximate surface area is 145 Å². The van der Waals surface area contributed by atoms with Crippen LogP contribution in [0.15, 0.2) is 29.1 Å². The predicted octanol–water partition coefficient (Wildman–Crippen LogP) is 3.71. The van der Waals surface area contributed by atoms with Crippen molar-refractivity contribution in [2.75, 3.05) is 0 Å². The van der Waals surface area contributed by atoms with Gasteiger partial charge in [-0.3, -0.25) is 4.57 Å². The molecule has 0 N–H and O–H groups in total. The third-order valence-electron chi connectivity index (χ3n) is 5.02. The van der Waals surface area contributed by atoms with Crippen LogP contribution in [0.2, 0.25) is 0 Å². The van der Waals surface area contributed by atoms with Crippen LogP contribution in [0.25, 0.3) is 0 Å². The molecule has 1 aromatic carbocycles. The van der Waals surface area contributed by atoms with E-state index in [9.17, 15) is 13.6 Å². The second kappa shape index (κ2) is 7.33. The van der Waals surface area contributed by atoms with Gasteiger partial charge in [0.2, 0.25) is 5.88 Å². The van der Waals surface area contributed by atoms with Gasteiger partial charge in [-0.25, -0.2) is 13.6 Å². The van der Waals surface area contributed by atoms with E-state index in [1.165, 1.54) is 6.07 Å². The minimum atomic E-state index is -0.921. The molecular formula is C19H22F2N2O2. The number of ether oxygens (including phenoxy) is 1. The molecule has 0 spiro atoms. The van der Waals surface area contributed by atoms with Gasteiger partial charge in [0.05, 0.1) is 0 Å². The zero-order chi connectivity index (χ0) is 18.0. The van der Waals surface area contributed by atoms with Gasteiger partial charge >= 0.3 is 5.69 Å². The molecule has 3 rings (SSSR count). The maximum absolute atomic E-state index is 13.2. The van der Waals surface area contributed by atoms with Crippen LogP contribution >= 0.6 is 0 Å². The first-order valence-corrected chi connectivity index (χ1v) is 8.65. The molecule has 0 saturated carbocycles. The lowest BCUT2D eigenvalue weighted by atomic mass is 9.88. The Bertz CT molecular complexity index is 820. The van der Waals surface area contributed by atoms with Gasteiger partial charge in [0, 0.05) is 18.3 Å². The number of hydrogen-bond donors (Lipinski definition) is 0. The smallest absolute Gasteiger partial charge is 0.351 e. The van der Waals surface area contributed by atoms with Gasteiger partial charge in [0.15, 0.2) is 11.6 Å². The van der Waals surface area contributed by atoms with Crippen LogP contribution in [0.5, 0.6) is 5.88 Å². The zero-order valence-corrected chi connectivity index (χ0v) is 14.5. The molecule has 6 heteroatoms. The highest BCUT2D eigenvalue weighted by molar-refractivity contribution is 5.20. The van der Waals surface area contributed by atoms with Gasteiger partial charge in [-0.05, 0) is 42.4 Å². The Kier molecular flexibility index (Phi) is 5.16. The Hall–Kier alpha value is -2.24. The number of hydrogen-bond acceptors (Lipinski definition) is 3. The average Bonchev–Trinajstić information content (AvgIpc) is 2.75. The molecule has 0 aliphatic carbocycles. The van der Waals surface area contributed by atoms with Crippen LogP contribution in [0.3, 0.4) is 0 Å². The lowest BCUT2D eigenvalue weighted by Crippen LogP contribution is -2.28. The van der Waals surface area contributed by atoms with E-state index in [-0.39, 0.29) is 18.2 Å². The highest BCUT2D eigenvalue weighted by Gasteiger charge is 2.23. The van der Waals surface area contributed by atoms with E-state index in [1.54, 1.807) is 10.6 Å². The molecule has 2 heterocycles. The van der Waals surface area contributed by atoms with Crippen molar-refractivity contribution in [2.24, 2.45) is 11.8 Å². The molecular weight excluding hydrogens is 326 g/mol. The van der Waals surface area contributed by atoms with Crippen LogP contribution in [0.4, 0.5) is 8.78 Å². The number of aromatic nitrogens is 2. The summed E-state index contributed by atoms with van der Waals surface area (Å²) in [5.41, 5.74) is 1.08. The van der Waals surface area contributed by atoms with Crippen LogP contribution in [0.1, 0.15) is 37.9 Å². The number of rotatable bonds is 4. The van der Waals surface area contributed by atoms with Crippen molar-refractivity contribution in [3.05, 3.63) is 57.6 Å². The number of halogens is 2. The molecule has 4 nitrogen and oxygen atoms in total. The third kappa shape index (κ3) is 3.89. The highest BCUT2D eigenvalue weighted by Crippen LogP contribution is 2.27. The van der Waals surface area contributed by atoms with Crippen LogP contribution in [0, 0.1) is 23.5 Å². The molecule has 134 valence electrons. The van der Waals surface area contributed by atoms with E-state index in [0.717, 1.165) is 37.1 Å². The molecule has 0 fully saturated rings. The minimum Gasteiger partial charge on any atom is -0.473 e. The highest BCUT2D eigenvalue weighted by atomic mass is 19.2. The van der Waals surface area contributed by atoms with Crippen molar-refractivity contribution in [1.82, 2.24) is 9.55 Å². The topological polar surface area (TPSA) is 44.1 Å². The fourth-order valence-electron chi connectivity index (χ4n) is 3.45. The van der Waals surface area contributed by atoms with Crippen molar-refractivity contribution in [2.45, 2.75) is 46.3 Å². The van der Waals surface area contributed by atoms with Crippen LogP contribution in [-0.2, 0) is 19.6 Å². The van der Waals surface area contributed by atoms with Crippen molar-refractivity contribution >= 4 is 0 Å². The summed E-state index contributed by atoms with van der Waals surface area (Å²) in [6.45, 7) is 5.04. The number of nitrogens with zero attached hydrogens (tertiary/aromatic N) is 2. The Morgan fingerprint density at radius 1 is 1.28 bits per heavy atom. The van der Waals surface area contributed by atoms with Crippen LogP contribution < -0.4 is 10.4 Å². The van der Waals surface area contributed by atoms with E-state index in [4.69, 9.17) is 4.74 Å². The summed E-state index contributed by atoms with van der Waals surface area (Å²) in [6, 6.07) is 5.37. The Morgan fingerprint density at radius 3 is 2.80 bits per heavy atom. The Morgan fingerprint density at radius 2 is 2.08 bits per heavy atom. The molecule has 1 aliphatic rings. The van der Waals surface area contributed by atoms with Gasteiger partial charge in [-0.15, -0.1) is 0 Å².